The van der Waals surface area contributed by atoms with Gasteiger partial charge in [-0.25, -0.2) is 14.0 Å². The fraction of sp³-hybridized carbons (Fsp3) is 0.333. The van der Waals surface area contributed by atoms with E-state index in [9.17, 15) is 14.1 Å². The highest BCUT2D eigenvalue weighted by Crippen LogP contribution is 2.25. The number of amides is 2. The topological polar surface area (TPSA) is 128 Å². The van der Waals surface area contributed by atoms with Crippen LogP contribution in [-0.2, 0) is 9.71 Å². The summed E-state index contributed by atoms with van der Waals surface area (Å²) in [7, 11) is -2.67. The Morgan fingerprint density at radius 3 is 2.66 bits per heavy atom. The second-order valence-corrected chi connectivity index (χ2v) is 9.85. The van der Waals surface area contributed by atoms with Crippen LogP contribution in [-0.4, -0.2) is 49.6 Å². The van der Waals surface area contributed by atoms with Gasteiger partial charge in [0.2, 0.25) is 5.95 Å². The molecule has 3 atom stereocenters. The molecule has 2 aromatic rings. The zero-order valence-electron chi connectivity index (χ0n) is 16.6. The van der Waals surface area contributed by atoms with Crippen molar-refractivity contribution in [1.82, 2.24) is 14.7 Å². The fourth-order valence-corrected chi connectivity index (χ4v) is 2.92. The normalized spacial score (nSPS) is 15.0. The van der Waals surface area contributed by atoms with Gasteiger partial charge < -0.3 is 21.1 Å². The lowest BCUT2D eigenvalue weighted by Crippen LogP contribution is -2.33. The second-order valence-electron chi connectivity index (χ2n) is 6.78. The molecule has 0 saturated carbocycles. The van der Waals surface area contributed by atoms with E-state index < -0.39 is 21.8 Å². The van der Waals surface area contributed by atoms with E-state index in [4.69, 9.17) is 0 Å². The molecule has 1 aromatic carbocycles. The molecule has 0 aliphatic carbocycles. The minimum atomic E-state index is -2.67. The Kier molecular flexibility index (Phi) is 7.44. The third kappa shape index (κ3) is 7.18. The summed E-state index contributed by atoms with van der Waals surface area (Å²) in [5.74, 6) is 4.27. The number of aliphatic hydroxyl groups is 1. The van der Waals surface area contributed by atoms with Crippen LogP contribution in [0.4, 0.5) is 27.9 Å². The number of anilines is 4. The molecule has 158 valence electrons. The van der Waals surface area contributed by atoms with Gasteiger partial charge in [0, 0.05) is 33.5 Å². The van der Waals surface area contributed by atoms with Crippen LogP contribution in [0.25, 0.3) is 0 Å². The number of nitrogens with zero attached hydrogens (tertiary/aromatic N) is 2. The van der Waals surface area contributed by atoms with E-state index in [1.165, 1.54) is 6.26 Å². The lowest BCUT2D eigenvalue weighted by molar-refractivity contribution is 0.177. The molecule has 0 spiro atoms. The number of carbonyl (C=O) groups is 1. The van der Waals surface area contributed by atoms with Crippen LogP contribution in [0.5, 0.6) is 0 Å². The van der Waals surface area contributed by atoms with Crippen molar-refractivity contribution < 1.29 is 14.1 Å². The molecule has 1 unspecified atom stereocenters. The molecule has 0 radical (unpaired) electrons. The maximum absolute atomic E-state index is 12.0. The summed E-state index contributed by atoms with van der Waals surface area (Å²) in [5.41, 5.74) is 2.01. The van der Waals surface area contributed by atoms with Gasteiger partial charge in [-0.2, -0.15) is 4.98 Å². The Labute approximate surface area is 179 Å². The number of aliphatic hydroxyl groups excluding tert-OH is 1. The van der Waals surface area contributed by atoms with Gasteiger partial charge in [-0.3, -0.25) is 4.72 Å². The average molecular weight is 485 g/mol. The number of aryl methyl sites for hydroxylation is 1. The van der Waals surface area contributed by atoms with Crippen molar-refractivity contribution in [2.45, 2.75) is 32.9 Å². The molecule has 11 heteroatoms. The van der Waals surface area contributed by atoms with Crippen molar-refractivity contribution in [3.05, 3.63) is 34.4 Å². The Hall–Kier alpha value is -2.37. The van der Waals surface area contributed by atoms with E-state index in [2.05, 4.69) is 52.4 Å². The Balaban J connectivity index is 2.19. The Bertz CT molecular complexity index is 997. The van der Waals surface area contributed by atoms with E-state index in [1.807, 2.05) is 26.0 Å². The van der Waals surface area contributed by atoms with Gasteiger partial charge in [-0.05, 0) is 60.3 Å². The van der Waals surface area contributed by atoms with Crippen LogP contribution in [0.2, 0.25) is 0 Å². The van der Waals surface area contributed by atoms with Crippen molar-refractivity contribution in [1.29, 1.82) is 0 Å². The maximum Gasteiger partial charge on any atom is 0.330 e. The molecule has 2 amide bonds. The number of urea groups is 1. The first-order valence-electron chi connectivity index (χ1n) is 8.70. The van der Waals surface area contributed by atoms with Crippen molar-refractivity contribution >= 4 is 60.7 Å². The molecule has 5 N–H and O–H groups in total. The zero-order chi connectivity index (χ0) is 21.8. The maximum atomic E-state index is 12.0. The van der Waals surface area contributed by atoms with Crippen LogP contribution < -0.4 is 20.7 Å². The third-order valence-electron chi connectivity index (χ3n) is 3.88. The lowest BCUT2D eigenvalue weighted by atomic mass is 10.2. The molecular formula is C18H25BrN6O3S. The predicted molar refractivity (Wildman–Crippen MR) is 122 cm³/mol. The van der Waals surface area contributed by atoms with Crippen LogP contribution in [0.15, 0.2) is 28.9 Å². The molecule has 9 nitrogen and oxygen atoms in total. The lowest BCUT2D eigenvalue weighted by Gasteiger charge is -2.18. The minimum Gasteiger partial charge on any atom is -0.391 e. The first-order chi connectivity index (χ1) is 13.4. The summed E-state index contributed by atoms with van der Waals surface area (Å²) in [6.45, 7) is 5.37. The smallest absolute Gasteiger partial charge is 0.330 e. The minimum absolute atomic E-state index is 0.204. The SMILES string of the molecule is C=S(C)(=O)NC(=O)Nc1cc(Nc2ncc(Br)c(N[C@H](C)[C@@H](C)O)n2)ccc1C. The van der Waals surface area contributed by atoms with Gasteiger partial charge in [0.15, 0.2) is 0 Å². The molecule has 0 fully saturated rings. The van der Waals surface area contributed by atoms with Crippen LogP contribution in [0.1, 0.15) is 19.4 Å². The highest BCUT2D eigenvalue weighted by atomic mass is 79.9. The zero-order valence-corrected chi connectivity index (χ0v) is 19.0. The predicted octanol–water partition coefficient (Wildman–Crippen LogP) is 2.86. The Morgan fingerprint density at radius 1 is 1.34 bits per heavy atom. The van der Waals surface area contributed by atoms with E-state index in [1.54, 1.807) is 19.2 Å². The number of hydrogen-bond donors (Lipinski definition) is 5. The van der Waals surface area contributed by atoms with Gasteiger partial charge in [0.25, 0.3) is 0 Å². The van der Waals surface area contributed by atoms with Crippen molar-refractivity contribution in [2.75, 3.05) is 22.2 Å². The van der Waals surface area contributed by atoms with Gasteiger partial charge >= 0.3 is 6.03 Å². The van der Waals surface area contributed by atoms with E-state index >= 15 is 0 Å². The molecule has 29 heavy (non-hydrogen) atoms. The van der Waals surface area contributed by atoms with Gasteiger partial charge in [-0.15, -0.1) is 0 Å². The molecule has 0 bridgehead atoms. The van der Waals surface area contributed by atoms with Crippen molar-refractivity contribution in [3.63, 3.8) is 0 Å². The number of halogens is 1. The molecule has 0 aliphatic heterocycles. The Morgan fingerprint density at radius 2 is 2.03 bits per heavy atom. The first-order valence-corrected chi connectivity index (χ1v) is 11.6. The third-order valence-corrected chi connectivity index (χ3v) is 5.08. The molecule has 2 rings (SSSR count). The largest absolute Gasteiger partial charge is 0.391 e. The van der Waals surface area contributed by atoms with Gasteiger partial charge in [-0.1, -0.05) is 6.07 Å². The number of nitrogens with one attached hydrogen (secondary N) is 4. The van der Waals surface area contributed by atoms with E-state index in [-0.39, 0.29) is 6.04 Å². The van der Waals surface area contributed by atoms with Crippen LogP contribution in [0, 0.1) is 6.92 Å². The molecule has 1 heterocycles. The van der Waals surface area contributed by atoms with Crippen LogP contribution >= 0.6 is 15.9 Å². The molecule has 1 aromatic heterocycles. The van der Waals surface area contributed by atoms with E-state index in [0.717, 1.165) is 5.56 Å². The number of hydrogen-bond acceptors (Lipinski definition) is 7. The number of benzene rings is 1. The van der Waals surface area contributed by atoms with E-state index in [0.29, 0.717) is 27.6 Å². The second kappa shape index (κ2) is 9.42. The molecular weight excluding hydrogens is 460 g/mol. The van der Waals surface area contributed by atoms with Crippen LogP contribution in [0.3, 0.4) is 0 Å². The number of carbonyl (C=O) groups excluding carboxylic acids is 1. The van der Waals surface area contributed by atoms with Gasteiger partial charge in [0.05, 0.1) is 16.6 Å². The summed E-state index contributed by atoms with van der Waals surface area (Å²) < 4.78 is 14.6. The number of aromatic nitrogens is 2. The first kappa shape index (κ1) is 22.9. The van der Waals surface area contributed by atoms with Crippen molar-refractivity contribution in [3.8, 4) is 0 Å². The average Bonchev–Trinajstić information content (AvgIpc) is 2.59. The summed E-state index contributed by atoms with van der Waals surface area (Å²) in [6, 6.07) is 4.54. The summed E-state index contributed by atoms with van der Waals surface area (Å²) >= 11 is 3.39. The molecule has 0 aliphatic rings. The fourth-order valence-electron chi connectivity index (χ4n) is 2.17. The van der Waals surface area contributed by atoms with Crippen molar-refractivity contribution in [2.24, 2.45) is 0 Å². The standard InChI is InChI=1S/C18H25BrN6O3S/c1-10-6-7-13(8-15(10)23-18(27)25-29(4,5)28)22-17-20-9-14(19)16(24-17)21-11(2)12(3)26/h6-9,11-12,26H,4H2,1-3,5H3,(H2,20,21,22,24)(H2,23,25,27,28)/t11-,12-,29?/m1/s1. The highest BCUT2D eigenvalue weighted by Gasteiger charge is 2.13. The monoisotopic (exact) mass is 484 g/mol. The number of rotatable bonds is 7. The summed E-state index contributed by atoms with van der Waals surface area (Å²) in [6.07, 6.45) is 2.38. The highest BCUT2D eigenvalue weighted by molar-refractivity contribution is 9.10. The summed E-state index contributed by atoms with van der Waals surface area (Å²) in [5, 5.41) is 18.5. The molecule has 0 saturated heterocycles. The van der Waals surface area contributed by atoms with Gasteiger partial charge in [0.1, 0.15) is 5.82 Å². The quantitative estimate of drug-likeness (QED) is 0.382. The summed E-state index contributed by atoms with van der Waals surface area (Å²) in [4.78, 5) is 20.6.